The number of rotatable bonds is 6. The van der Waals surface area contributed by atoms with Crippen molar-refractivity contribution < 1.29 is 18.0 Å². The van der Waals surface area contributed by atoms with E-state index >= 15 is 0 Å². The van der Waals surface area contributed by atoms with Crippen molar-refractivity contribution in [1.82, 2.24) is 9.62 Å². The second kappa shape index (κ2) is 7.48. The van der Waals surface area contributed by atoms with Crippen LogP contribution in [0.3, 0.4) is 0 Å². The van der Waals surface area contributed by atoms with Gasteiger partial charge in [-0.15, -0.1) is 0 Å². The number of carbonyl (C=O) groups is 2. The van der Waals surface area contributed by atoms with E-state index in [1.165, 1.54) is 0 Å². The Hall–Kier alpha value is -1.93. The molecule has 1 aliphatic carbocycles. The van der Waals surface area contributed by atoms with Crippen LogP contribution in [0.15, 0.2) is 23.1 Å². The van der Waals surface area contributed by atoms with E-state index in [9.17, 15) is 18.0 Å². The van der Waals surface area contributed by atoms with Gasteiger partial charge in [-0.2, -0.15) is 0 Å². The normalized spacial score (nSPS) is 21.8. The maximum Gasteiger partial charge on any atom is 0.240 e. The highest BCUT2D eigenvalue weighted by molar-refractivity contribution is 7.89. The first-order valence-electron chi connectivity index (χ1n) is 10.1. The van der Waals surface area contributed by atoms with E-state index in [0.717, 1.165) is 50.0 Å². The van der Waals surface area contributed by atoms with E-state index in [4.69, 9.17) is 0 Å². The van der Waals surface area contributed by atoms with Crippen molar-refractivity contribution in [3.05, 3.63) is 23.8 Å². The Bertz CT molecular complexity index is 889. The number of nitrogens with one attached hydrogen (secondary N) is 1. The van der Waals surface area contributed by atoms with Gasteiger partial charge >= 0.3 is 0 Å². The molecule has 2 heterocycles. The van der Waals surface area contributed by atoms with E-state index in [2.05, 4.69) is 4.72 Å². The third-order valence-electron chi connectivity index (χ3n) is 5.83. The number of carbonyl (C=O) groups excluding carboxylic acids is 2. The Morgan fingerprint density at radius 2 is 1.89 bits per heavy atom. The van der Waals surface area contributed by atoms with Crippen molar-refractivity contribution in [2.24, 2.45) is 5.92 Å². The first-order valence-corrected chi connectivity index (χ1v) is 11.6. The van der Waals surface area contributed by atoms with E-state index in [1.807, 2.05) is 11.8 Å². The zero-order chi connectivity index (χ0) is 19.9. The third-order valence-corrected chi connectivity index (χ3v) is 7.29. The molecule has 1 atom stereocenters. The molecule has 152 valence electrons. The van der Waals surface area contributed by atoms with Crippen LogP contribution in [0.5, 0.6) is 0 Å². The summed E-state index contributed by atoms with van der Waals surface area (Å²) >= 11 is 0. The van der Waals surface area contributed by atoms with Crippen molar-refractivity contribution >= 4 is 27.5 Å². The van der Waals surface area contributed by atoms with Gasteiger partial charge in [-0.1, -0.05) is 0 Å². The Morgan fingerprint density at radius 1 is 1.18 bits per heavy atom. The van der Waals surface area contributed by atoms with E-state index in [0.29, 0.717) is 6.42 Å². The molecule has 0 radical (unpaired) electrons. The number of nitrogens with zero attached hydrogens (tertiary/aromatic N) is 2. The van der Waals surface area contributed by atoms with Crippen LogP contribution in [0.25, 0.3) is 0 Å². The zero-order valence-corrected chi connectivity index (χ0v) is 17.0. The monoisotopic (exact) mass is 405 g/mol. The van der Waals surface area contributed by atoms with E-state index in [-0.39, 0.29) is 41.6 Å². The van der Waals surface area contributed by atoms with Crippen LogP contribution in [0, 0.1) is 5.92 Å². The molecule has 7 nitrogen and oxygen atoms in total. The van der Waals surface area contributed by atoms with Crippen LogP contribution >= 0.6 is 0 Å². The molecule has 1 saturated heterocycles. The standard InChI is InChI=1S/C20H27N3O4S/c1-14-12-16-13-17(6-7-18(16)23(14)20(25)15-4-5-15)28(26,27)21-9-8-19(24)22-10-2-3-11-22/h6-7,13-15,21H,2-5,8-12H2,1H3/t14-/m0/s1. The number of amides is 2. The number of sulfonamides is 1. The summed E-state index contributed by atoms with van der Waals surface area (Å²) in [5, 5.41) is 0. The highest BCUT2D eigenvalue weighted by atomic mass is 32.2. The molecule has 1 saturated carbocycles. The van der Waals surface area contributed by atoms with Crippen molar-refractivity contribution in [2.75, 3.05) is 24.5 Å². The van der Waals surface area contributed by atoms with E-state index < -0.39 is 10.0 Å². The average molecular weight is 406 g/mol. The van der Waals surface area contributed by atoms with Crippen LogP contribution in [0.4, 0.5) is 5.69 Å². The first-order chi connectivity index (χ1) is 13.4. The van der Waals surface area contributed by atoms with Gasteiger partial charge in [0.1, 0.15) is 0 Å². The fraction of sp³-hybridized carbons (Fsp3) is 0.600. The summed E-state index contributed by atoms with van der Waals surface area (Å²) in [6, 6.07) is 5.00. The summed E-state index contributed by atoms with van der Waals surface area (Å²) in [5.41, 5.74) is 1.71. The van der Waals surface area contributed by atoms with Crippen LogP contribution < -0.4 is 9.62 Å². The Labute approximate surface area is 166 Å². The number of fused-ring (bicyclic) bond motifs is 1. The molecule has 8 heteroatoms. The molecule has 1 N–H and O–H groups in total. The summed E-state index contributed by atoms with van der Waals surface area (Å²) in [7, 11) is -3.68. The second-order valence-corrected chi connectivity index (χ2v) is 9.83. The molecular formula is C20H27N3O4S. The topological polar surface area (TPSA) is 86.8 Å². The van der Waals surface area contributed by atoms with Crippen molar-refractivity contribution in [1.29, 1.82) is 0 Å². The summed E-state index contributed by atoms with van der Waals surface area (Å²) in [6.45, 7) is 3.63. The lowest BCUT2D eigenvalue weighted by molar-refractivity contribution is -0.130. The van der Waals surface area contributed by atoms with Gasteiger partial charge in [-0.05, 0) is 62.8 Å². The molecule has 1 aromatic rings. The first kappa shape index (κ1) is 19.4. The minimum atomic E-state index is -3.68. The summed E-state index contributed by atoms with van der Waals surface area (Å²) in [6.07, 6.45) is 4.76. The predicted molar refractivity (Wildman–Crippen MR) is 105 cm³/mol. The number of hydrogen-bond acceptors (Lipinski definition) is 4. The fourth-order valence-electron chi connectivity index (χ4n) is 4.14. The molecule has 0 bridgehead atoms. The molecule has 2 aliphatic heterocycles. The van der Waals surface area contributed by atoms with Gasteiger partial charge < -0.3 is 9.80 Å². The molecule has 0 aromatic heterocycles. The van der Waals surface area contributed by atoms with Crippen molar-refractivity contribution in [3.8, 4) is 0 Å². The van der Waals surface area contributed by atoms with Gasteiger partial charge in [0.25, 0.3) is 0 Å². The largest absolute Gasteiger partial charge is 0.343 e. The van der Waals surface area contributed by atoms with Gasteiger partial charge in [-0.3, -0.25) is 9.59 Å². The van der Waals surface area contributed by atoms with Gasteiger partial charge in [0.05, 0.1) is 4.90 Å². The zero-order valence-electron chi connectivity index (χ0n) is 16.2. The average Bonchev–Trinajstić information content (AvgIpc) is 3.25. The highest BCUT2D eigenvalue weighted by Crippen LogP contribution is 2.39. The molecule has 1 aromatic carbocycles. The maximum atomic E-state index is 12.6. The molecule has 2 fully saturated rings. The molecule has 28 heavy (non-hydrogen) atoms. The van der Waals surface area contributed by atoms with Gasteiger partial charge in [0.2, 0.25) is 21.8 Å². The highest BCUT2D eigenvalue weighted by Gasteiger charge is 2.39. The molecule has 0 unspecified atom stereocenters. The van der Waals surface area contributed by atoms with Crippen LogP contribution in [-0.4, -0.2) is 50.8 Å². The number of benzene rings is 1. The van der Waals surface area contributed by atoms with Crippen molar-refractivity contribution in [2.45, 2.75) is 56.4 Å². The lowest BCUT2D eigenvalue weighted by Crippen LogP contribution is -2.36. The summed E-state index contributed by atoms with van der Waals surface area (Å²) < 4.78 is 27.8. The van der Waals surface area contributed by atoms with Crippen LogP contribution in [-0.2, 0) is 26.0 Å². The molecule has 2 amide bonds. The minimum Gasteiger partial charge on any atom is -0.343 e. The maximum absolute atomic E-state index is 12.6. The minimum absolute atomic E-state index is 0.00258. The van der Waals surface area contributed by atoms with Gasteiger partial charge in [0, 0.05) is 43.7 Å². The molecule has 0 spiro atoms. The van der Waals surface area contributed by atoms with Gasteiger partial charge in [-0.25, -0.2) is 13.1 Å². The number of hydrogen-bond donors (Lipinski definition) is 1. The lowest BCUT2D eigenvalue weighted by atomic mass is 10.1. The smallest absolute Gasteiger partial charge is 0.240 e. The molecule has 4 rings (SSSR count). The predicted octanol–water partition coefficient (Wildman–Crippen LogP) is 1.66. The van der Waals surface area contributed by atoms with Crippen molar-refractivity contribution in [3.63, 3.8) is 0 Å². The Balaban J connectivity index is 1.42. The van der Waals surface area contributed by atoms with E-state index in [1.54, 1.807) is 23.1 Å². The quantitative estimate of drug-likeness (QED) is 0.780. The SMILES string of the molecule is C[C@H]1Cc2cc(S(=O)(=O)NCCC(=O)N3CCCC3)ccc2N1C(=O)C1CC1. The second-order valence-electron chi connectivity index (χ2n) is 8.06. The Kier molecular flexibility index (Phi) is 5.18. The Morgan fingerprint density at radius 3 is 2.57 bits per heavy atom. The number of likely N-dealkylation sites (tertiary alicyclic amines) is 1. The number of anilines is 1. The van der Waals surface area contributed by atoms with Gasteiger partial charge in [0.15, 0.2) is 0 Å². The lowest BCUT2D eigenvalue weighted by Gasteiger charge is -2.22. The molecule has 3 aliphatic rings. The fourth-order valence-corrected chi connectivity index (χ4v) is 5.22. The summed E-state index contributed by atoms with van der Waals surface area (Å²) in [5.74, 6) is 0.282. The molecular weight excluding hydrogens is 378 g/mol. The van der Waals surface area contributed by atoms with Crippen LogP contribution in [0.1, 0.15) is 44.6 Å². The van der Waals surface area contributed by atoms with Crippen LogP contribution in [0.2, 0.25) is 0 Å². The summed E-state index contributed by atoms with van der Waals surface area (Å²) in [4.78, 5) is 28.4. The third kappa shape index (κ3) is 3.80.